The van der Waals surface area contributed by atoms with Crippen LogP contribution in [-0.4, -0.2) is 18.6 Å². The first-order chi connectivity index (χ1) is 6.61. The quantitative estimate of drug-likeness (QED) is 0.412. The van der Waals surface area contributed by atoms with Gasteiger partial charge in [-0.3, -0.25) is 4.79 Å². The molecular formula is C11H15NO2. The number of hydrogen-bond acceptors (Lipinski definition) is 3. The van der Waals surface area contributed by atoms with Crippen molar-refractivity contribution in [3.05, 3.63) is 23.8 Å². The smallest absolute Gasteiger partial charge is 0.322 e. The van der Waals surface area contributed by atoms with E-state index in [0.717, 1.165) is 5.57 Å². The second-order valence-electron chi connectivity index (χ2n) is 2.78. The molecule has 0 heterocycles. The average Bonchev–Trinajstić information content (AvgIpc) is 2.14. The van der Waals surface area contributed by atoms with Crippen molar-refractivity contribution in [3.8, 4) is 12.3 Å². The van der Waals surface area contributed by atoms with Crippen LogP contribution in [0.1, 0.15) is 13.8 Å². The Hall–Kier alpha value is -1.53. The SMILES string of the molecule is C#C/C=C(\C=C/C)COC(=O)[C@H](C)N. The van der Waals surface area contributed by atoms with Crippen molar-refractivity contribution in [2.24, 2.45) is 5.73 Å². The van der Waals surface area contributed by atoms with Crippen molar-refractivity contribution in [1.29, 1.82) is 0 Å². The van der Waals surface area contributed by atoms with Crippen LogP contribution < -0.4 is 5.73 Å². The summed E-state index contributed by atoms with van der Waals surface area (Å²) in [7, 11) is 0. The molecule has 0 aromatic carbocycles. The zero-order valence-electron chi connectivity index (χ0n) is 8.49. The standard InChI is InChI=1S/C11H15NO2/c1-4-6-10(7-5-2)8-14-11(13)9(3)12/h1,5-7,9H,8,12H2,2-3H3/b7-5-,10-6+/t9-/m0/s1. The van der Waals surface area contributed by atoms with Crippen LogP contribution in [-0.2, 0) is 9.53 Å². The predicted octanol–water partition coefficient (Wildman–Crippen LogP) is 1.01. The highest BCUT2D eigenvalue weighted by Crippen LogP contribution is 1.98. The minimum Gasteiger partial charge on any atom is -0.460 e. The van der Waals surface area contributed by atoms with Gasteiger partial charge < -0.3 is 10.5 Å². The van der Waals surface area contributed by atoms with Crippen LogP contribution in [0.4, 0.5) is 0 Å². The molecule has 14 heavy (non-hydrogen) atoms. The Labute approximate surface area is 84.6 Å². The van der Waals surface area contributed by atoms with Crippen molar-refractivity contribution in [2.75, 3.05) is 6.61 Å². The van der Waals surface area contributed by atoms with Gasteiger partial charge in [0.25, 0.3) is 0 Å². The maximum Gasteiger partial charge on any atom is 0.322 e. The number of allylic oxidation sites excluding steroid dienone is 2. The Balaban J connectivity index is 4.16. The molecule has 76 valence electrons. The van der Waals surface area contributed by atoms with Gasteiger partial charge >= 0.3 is 5.97 Å². The van der Waals surface area contributed by atoms with E-state index < -0.39 is 12.0 Å². The number of esters is 1. The number of terminal acetylenes is 1. The van der Waals surface area contributed by atoms with E-state index in [1.807, 2.05) is 13.0 Å². The van der Waals surface area contributed by atoms with E-state index in [1.165, 1.54) is 0 Å². The van der Waals surface area contributed by atoms with Gasteiger partial charge in [0, 0.05) is 0 Å². The summed E-state index contributed by atoms with van der Waals surface area (Å²) >= 11 is 0. The number of ether oxygens (including phenoxy) is 1. The van der Waals surface area contributed by atoms with Crippen molar-refractivity contribution in [1.82, 2.24) is 0 Å². The summed E-state index contributed by atoms with van der Waals surface area (Å²) < 4.78 is 4.89. The number of hydrogen-bond donors (Lipinski definition) is 1. The Morgan fingerprint density at radius 2 is 2.36 bits per heavy atom. The number of nitrogens with two attached hydrogens (primary N) is 1. The Bertz CT molecular complexity index is 282. The molecule has 0 spiro atoms. The molecule has 2 N–H and O–H groups in total. The summed E-state index contributed by atoms with van der Waals surface area (Å²) in [4.78, 5) is 11.0. The van der Waals surface area contributed by atoms with Gasteiger partial charge in [-0.2, -0.15) is 0 Å². The highest BCUT2D eigenvalue weighted by atomic mass is 16.5. The molecule has 1 atom stereocenters. The lowest BCUT2D eigenvalue weighted by Gasteiger charge is -2.06. The molecule has 0 saturated carbocycles. The Morgan fingerprint density at radius 3 is 2.79 bits per heavy atom. The molecule has 0 amide bonds. The van der Waals surface area contributed by atoms with E-state index in [2.05, 4.69) is 5.92 Å². The molecule has 0 aliphatic heterocycles. The van der Waals surface area contributed by atoms with Gasteiger partial charge in [-0.1, -0.05) is 18.1 Å². The summed E-state index contributed by atoms with van der Waals surface area (Å²) in [5.41, 5.74) is 6.09. The predicted molar refractivity (Wildman–Crippen MR) is 56.3 cm³/mol. The highest BCUT2D eigenvalue weighted by Gasteiger charge is 2.08. The summed E-state index contributed by atoms with van der Waals surface area (Å²) in [6, 6.07) is -0.604. The Morgan fingerprint density at radius 1 is 1.71 bits per heavy atom. The molecule has 0 radical (unpaired) electrons. The first-order valence-corrected chi connectivity index (χ1v) is 4.32. The molecule has 0 saturated heterocycles. The monoisotopic (exact) mass is 193 g/mol. The lowest BCUT2D eigenvalue weighted by atomic mass is 10.2. The van der Waals surface area contributed by atoms with Gasteiger partial charge in [0.05, 0.1) is 0 Å². The number of rotatable bonds is 4. The van der Waals surface area contributed by atoms with E-state index in [1.54, 1.807) is 19.1 Å². The van der Waals surface area contributed by atoms with Crippen molar-refractivity contribution >= 4 is 5.97 Å². The van der Waals surface area contributed by atoms with E-state index in [-0.39, 0.29) is 6.61 Å². The van der Waals surface area contributed by atoms with E-state index in [0.29, 0.717) is 0 Å². The molecule has 0 unspecified atom stereocenters. The molecule has 0 fully saturated rings. The van der Waals surface area contributed by atoms with Crippen LogP contribution in [0.25, 0.3) is 0 Å². The summed E-state index contributed by atoms with van der Waals surface area (Å²) in [5, 5.41) is 0. The number of carbonyl (C=O) groups is 1. The molecule has 0 aromatic heterocycles. The van der Waals surface area contributed by atoms with Gasteiger partial charge in [0.15, 0.2) is 0 Å². The second-order valence-corrected chi connectivity index (χ2v) is 2.78. The van der Waals surface area contributed by atoms with Crippen LogP contribution in [0.5, 0.6) is 0 Å². The van der Waals surface area contributed by atoms with Gasteiger partial charge in [-0.15, -0.1) is 6.42 Å². The summed E-state index contributed by atoms with van der Waals surface area (Å²) in [6.07, 6.45) is 10.3. The van der Waals surface area contributed by atoms with Crippen LogP contribution in [0, 0.1) is 12.3 Å². The third-order valence-electron chi connectivity index (χ3n) is 1.40. The van der Waals surface area contributed by atoms with Crippen LogP contribution in [0.15, 0.2) is 23.8 Å². The third kappa shape index (κ3) is 5.18. The maximum atomic E-state index is 11.0. The van der Waals surface area contributed by atoms with E-state index >= 15 is 0 Å². The van der Waals surface area contributed by atoms with E-state index in [9.17, 15) is 4.79 Å². The van der Waals surface area contributed by atoms with E-state index in [4.69, 9.17) is 16.9 Å². The molecular weight excluding hydrogens is 178 g/mol. The molecule has 0 rings (SSSR count). The fourth-order valence-corrected chi connectivity index (χ4v) is 0.745. The normalized spacial score (nSPS) is 13.7. The van der Waals surface area contributed by atoms with Crippen LogP contribution >= 0.6 is 0 Å². The fourth-order valence-electron chi connectivity index (χ4n) is 0.745. The lowest BCUT2D eigenvalue weighted by molar-refractivity contribution is -0.143. The van der Waals surface area contributed by atoms with Crippen LogP contribution in [0.2, 0.25) is 0 Å². The molecule has 0 aliphatic rings. The minimum atomic E-state index is -0.604. The largest absolute Gasteiger partial charge is 0.460 e. The summed E-state index contributed by atoms with van der Waals surface area (Å²) in [6.45, 7) is 3.59. The molecule has 0 aromatic rings. The number of carbonyl (C=O) groups excluding carboxylic acids is 1. The average molecular weight is 193 g/mol. The second kappa shape index (κ2) is 6.93. The van der Waals surface area contributed by atoms with Gasteiger partial charge in [0.1, 0.15) is 12.6 Å². The first-order valence-electron chi connectivity index (χ1n) is 4.32. The van der Waals surface area contributed by atoms with Crippen molar-refractivity contribution < 1.29 is 9.53 Å². The van der Waals surface area contributed by atoms with Gasteiger partial charge in [-0.05, 0) is 25.5 Å². The zero-order valence-corrected chi connectivity index (χ0v) is 8.49. The molecule has 0 bridgehead atoms. The Kier molecular flexibility index (Phi) is 6.17. The van der Waals surface area contributed by atoms with Gasteiger partial charge in [-0.25, -0.2) is 0 Å². The third-order valence-corrected chi connectivity index (χ3v) is 1.40. The highest BCUT2D eigenvalue weighted by molar-refractivity contribution is 5.75. The van der Waals surface area contributed by atoms with Crippen molar-refractivity contribution in [2.45, 2.75) is 19.9 Å². The van der Waals surface area contributed by atoms with Crippen LogP contribution in [0.3, 0.4) is 0 Å². The summed E-state index contributed by atoms with van der Waals surface area (Å²) in [5.74, 6) is 1.94. The first kappa shape index (κ1) is 12.5. The topological polar surface area (TPSA) is 52.3 Å². The zero-order chi connectivity index (χ0) is 11.0. The fraction of sp³-hybridized carbons (Fsp3) is 0.364. The molecule has 3 heteroatoms. The lowest BCUT2D eigenvalue weighted by Crippen LogP contribution is -2.29. The van der Waals surface area contributed by atoms with Crippen molar-refractivity contribution in [3.63, 3.8) is 0 Å². The molecule has 3 nitrogen and oxygen atoms in total. The molecule has 0 aliphatic carbocycles. The minimum absolute atomic E-state index is 0.162. The van der Waals surface area contributed by atoms with Gasteiger partial charge in [0.2, 0.25) is 0 Å². The maximum absolute atomic E-state index is 11.0.